The van der Waals surface area contributed by atoms with Gasteiger partial charge in [-0.1, -0.05) is 0 Å². The largest absolute Gasteiger partial charge is 0.373 e. The Labute approximate surface area is 104 Å². The van der Waals surface area contributed by atoms with Gasteiger partial charge in [-0.25, -0.2) is 4.68 Å². The standard InChI is InChI=1S/C10H17N5O3/c1-7-9(15(16)17)10(13(2)12-7)14-3-4-18-8(5-11)6-14/h8H,3-6,11H2,1-2H3. The van der Waals surface area contributed by atoms with Crippen molar-refractivity contribution < 1.29 is 9.66 Å². The van der Waals surface area contributed by atoms with Crippen LogP contribution in [0.3, 0.4) is 0 Å². The van der Waals surface area contributed by atoms with Crippen LogP contribution in [0.5, 0.6) is 0 Å². The molecular weight excluding hydrogens is 238 g/mol. The first-order valence-electron chi connectivity index (χ1n) is 5.79. The summed E-state index contributed by atoms with van der Waals surface area (Å²) in [6.07, 6.45) is -0.0893. The minimum Gasteiger partial charge on any atom is -0.373 e. The summed E-state index contributed by atoms with van der Waals surface area (Å²) in [5.41, 5.74) is 6.07. The van der Waals surface area contributed by atoms with Crippen molar-refractivity contribution in [1.29, 1.82) is 0 Å². The summed E-state index contributed by atoms with van der Waals surface area (Å²) in [6, 6.07) is 0. The van der Waals surface area contributed by atoms with Gasteiger partial charge in [-0.2, -0.15) is 5.10 Å². The summed E-state index contributed by atoms with van der Waals surface area (Å²) in [5, 5.41) is 15.2. The third-order valence-electron chi connectivity index (χ3n) is 3.04. The molecule has 18 heavy (non-hydrogen) atoms. The Morgan fingerprint density at radius 1 is 1.67 bits per heavy atom. The van der Waals surface area contributed by atoms with Crippen molar-refractivity contribution in [1.82, 2.24) is 9.78 Å². The van der Waals surface area contributed by atoms with Gasteiger partial charge in [0.2, 0.25) is 5.82 Å². The molecule has 1 saturated heterocycles. The first-order valence-corrected chi connectivity index (χ1v) is 5.79. The van der Waals surface area contributed by atoms with E-state index in [-0.39, 0.29) is 16.7 Å². The zero-order chi connectivity index (χ0) is 13.3. The van der Waals surface area contributed by atoms with Crippen molar-refractivity contribution in [3.8, 4) is 0 Å². The van der Waals surface area contributed by atoms with E-state index >= 15 is 0 Å². The summed E-state index contributed by atoms with van der Waals surface area (Å²) in [4.78, 5) is 12.7. The molecule has 8 heteroatoms. The van der Waals surface area contributed by atoms with Gasteiger partial charge in [0.1, 0.15) is 5.69 Å². The van der Waals surface area contributed by atoms with E-state index in [0.29, 0.717) is 37.8 Å². The predicted octanol–water partition coefficient (Wildman–Crippen LogP) is -0.199. The summed E-state index contributed by atoms with van der Waals surface area (Å²) in [5.74, 6) is 0.527. The summed E-state index contributed by atoms with van der Waals surface area (Å²) >= 11 is 0. The first kappa shape index (κ1) is 12.8. The van der Waals surface area contributed by atoms with Crippen LogP contribution in [0.4, 0.5) is 11.5 Å². The van der Waals surface area contributed by atoms with E-state index in [0.717, 1.165) is 0 Å². The van der Waals surface area contributed by atoms with Gasteiger partial charge in [-0.05, 0) is 6.92 Å². The van der Waals surface area contributed by atoms with Crippen LogP contribution >= 0.6 is 0 Å². The molecule has 1 aliphatic heterocycles. The van der Waals surface area contributed by atoms with Crippen LogP contribution in [0.1, 0.15) is 5.69 Å². The Morgan fingerprint density at radius 2 is 2.39 bits per heavy atom. The second-order valence-electron chi connectivity index (χ2n) is 4.31. The molecule has 0 aliphatic carbocycles. The molecule has 1 aromatic rings. The van der Waals surface area contributed by atoms with Crippen molar-refractivity contribution >= 4 is 11.5 Å². The predicted molar refractivity (Wildman–Crippen MR) is 65.6 cm³/mol. The van der Waals surface area contributed by atoms with E-state index in [1.54, 1.807) is 18.7 Å². The Balaban J connectivity index is 2.35. The molecule has 0 amide bonds. The maximum Gasteiger partial charge on any atom is 0.333 e. The number of hydrogen-bond acceptors (Lipinski definition) is 6. The highest BCUT2D eigenvalue weighted by Gasteiger charge is 2.31. The summed E-state index contributed by atoms with van der Waals surface area (Å²) in [7, 11) is 1.71. The van der Waals surface area contributed by atoms with Gasteiger partial charge in [0, 0.05) is 26.7 Å². The molecule has 1 atom stereocenters. The quantitative estimate of drug-likeness (QED) is 0.593. The van der Waals surface area contributed by atoms with Crippen LogP contribution in [0, 0.1) is 17.0 Å². The maximum absolute atomic E-state index is 11.1. The number of anilines is 1. The van der Waals surface area contributed by atoms with Gasteiger partial charge >= 0.3 is 5.69 Å². The molecule has 0 saturated carbocycles. The molecule has 1 aromatic heterocycles. The molecule has 0 spiro atoms. The number of ether oxygens (including phenoxy) is 1. The molecule has 1 fully saturated rings. The van der Waals surface area contributed by atoms with Crippen molar-refractivity contribution in [3.05, 3.63) is 15.8 Å². The fourth-order valence-electron chi connectivity index (χ4n) is 2.26. The summed E-state index contributed by atoms with van der Waals surface area (Å²) in [6.45, 7) is 3.72. The Morgan fingerprint density at radius 3 is 3.00 bits per heavy atom. The highest BCUT2D eigenvalue weighted by atomic mass is 16.6. The van der Waals surface area contributed by atoms with E-state index in [1.165, 1.54) is 0 Å². The van der Waals surface area contributed by atoms with E-state index < -0.39 is 0 Å². The lowest BCUT2D eigenvalue weighted by atomic mass is 10.2. The molecule has 0 aromatic carbocycles. The molecule has 100 valence electrons. The van der Waals surface area contributed by atoms with Crippen molar-refractivity contribution in [2.45, 2.75) is 13.0 Å². The minimum absolute atomic E-state index is 0.0650. The molecule has 8 nitrogen and oxygen atoms in total. The molecule has 2 rings (SSSR count). The molecule has 2 heterocycles. The highest BCUT2D eigenvalue weighted by molar-refractivity contribution is 5.61. The molecule has 0 bridgehead atoms. The SMILES string of the molecule is Cc1nn(C)c(N2CCOC(CN)C2)c1[N+](=O)[O-]. The number of rotatable bonds is 3. The Hall–Kier alpha value is -1.67. The number of hydrogen-bond donors (Lipinski definition) is 1. The van der Waals surface area contributed by atoms with Crippen LogP contribution in [0.2, 0.25) is 0 Å². The fraction of sp³-hybridized carbons (Fsp3) is 0.700. The van der Waals surface area contributed by atoms with E-state index in [2.05, 4.69) is 5.10 Å². The van der Waals surface area contributed by atoms with Crippen LogP contribution in [-0.4, -0.2) is 47.0 Å². The Bertz CT molecular complexity index is 459. The lowest BCUT2D eigenvalue weighted by Crippen LogP contribution is -2.46. The lowest BCUT2D eigenvalue weighted by Gasteiger charge is -2.33. The van der Waals surface area contributed by atoms with Crippen LogP contribution < -0.4 is 10.6 Å². The Kier molecular flexibility index (Phi) is 3.48. The van der Waals surface area contributed by atoms with Crippen molar-refractivity contribution in [2.24, 2.45) is 12.8 Å². The number of nitrogens with two attached hydrogens (primary N) is 1. The lowest BCUT2D eigenvalue weighted by molar-refractivity contribution is -0.384. The number of morpholine rings is 1. The topological polar surface area (TPSA) is 99.5 Å². The van der Waals surface area contributed by atoms with Crippen LogP contribution in [-0.2, 0) is 11.8 Å². The van der Waals surface area contributed by atoms with Gasteiger partial charge in [0.25, 0.3) is 0 Å². The molecule has 1 aliphatic rings. The average molecular weight is 255 g/mol. The first-order chi connectivity index (χ1) is 8.54. The minimum atomic E-state index is -0.384. The normalized spacial score (nSPS) is 20.2. The number of nitro groups is 1. The summed E-state index contributed by atoms with van der Waals surface area (Å²) < 4.78 is 7.01. The fourth-order valence-corrected chi connectivity index (χ4v) is 2.26. The van der Waals surface area contributed by atoms with E-state index in [4.69, 9.17) is 10.5 Å². The molecule has 0 radical (unpaired) electrons. The third-order valence-corrected chi connectivity index (χ3v) is 3.04. The van der Waals surface area contributed by atoms with E-state index in [1.807, 2.05) is 4.90 Å². The zero-order valence-electron chi connectivity index (χ0n) is 10.5. The molecule has 2 N–H and O–H groups in total. The van der Waals surface area contributed by atoms with Gasteiger partial charge in [0.05, 0.1) is 17.6 Å². The van der Waals surface area contributed by atoms with Gasteiger partial charge < -0.3 is 15.4 Å². The monoisotopic (exact) mass is 255 g/mol. The molecule has 1 unspecified atom stereocenters. The smallest absolute Gasteiger partial charge is 0.333 e. The second-order valence-corrected chi connectivity index (χ2v) is 4.31. The van der Waals surface area contributed by atoms with Crippen LogP contribution in [0.25, 0.3) is 0 Å². The number of aryl methyl sites for hydroxylation is 2. The number of nitrogens with zero attached hydrogens (tertiary/aromatic N) is 4. The second kappa shape index (κ2) is 4.91. The zero-order valence-corrected chi connectivity index (χ0v) is 10.5. The number of aromatic nitrogens is 2. The van der Waals surface area contributed by atoms with Gasteiger partial charge in [0.15, 0.2) is 0 Å². The molecular formula is C10H17N5O3. The van der Waals surface area contributed by atoms with Gasteiger partial charge in [-0.3, -0.25) is 10.1 Å². The average Bonchev–Trinajstić information content (AvgIpc) is 2.64. The van der Waals surface area contributed by atoms with Crippen molar-refractivity contribution in [2.75, 3.05) is 31.1 Å². The van der Waals surface area contributed by atoms with Crippen molar-refractivity contribution in [3.63, 3.8) is 0 Å². The van der Waals surface area contributed by atoms with E-state index in [9.17, 15) is 10.1 Å². The third kappa shape index (κ3) is 2.16. The maximum atomic E-state index is 11.1. The highest BCUT2D eigenvalue weighted by Crippen LogP contribution is 2.31. The van der Waals surface area contributed by atoms with Crippen LogP contribution in [0.15, 0.2) is 0 Å². The van der Waals surface area contributed by atoms with Gasteiger partial charge in [-0.15, -0.1) is 0 Å².